The zero-order chi connectivity index (χ0) is 25.1. The van der Waals surface area contributed by atoms with Gasteiger partial charge >= 0.3 is 5.69 Å². The fraction of sp³-hybridized carbons (Fsp3) is 0. The van der Waals surface area contributed by atoms with Gasteiger partial charge in [0.25, 0.3) is 11.6 Å². The van der Waals surface area contributed by atoms with E-state index in [1.165, 1.54) is 6.07 Å². The number of benzene rings is 4. The predicted octanol–water partition coefficient (Wildman–Crippen LogP) is 5.74. The number of hydrogen-bond donors (Lipinski definition) is 3. The van der Waals surface area contributed by atoms with Gasteiger partial charge in [-0.25, -0.2) is 0 Å². The Hall–Kier alpha value is -5.39. The highest BCUT2D eigenvalue weighted by Gasteiger charge is 2.24. The maximum Gasteiger partial charge on any atom is 0.319 e. The van der Waals surface area contributed by atoms with Crippen molar-refractivity contribution in [3.63, 3.8) is 0 Å². The van der Waals surface area contributed by atoms with E-state index in [1.807, 2.05) is 0 Å². The summed E-state index contributed by atoms with van der Waals surface area (Å²) in [7, 11) is 0. The average Bonchev–Trinajstić information content (AvgIpc) is 2.84. The summed E-state index contributed by atoms with van der Waals surface area (Å²) in [6.07, 6.45) is 0. The average molecular weight is 473 g/mol. The van der Waals surface area contributed by atoms with Gasteiger partial charge in [0.2, 0.25) is 5.75 Å². The Morgan fingerprint density at radius 1 is 0.829 bits per heavy atom. The minimum absolute atomic E-state index is 0.106. The van der Waals surface area contributed by atoms with Crippen LogP contribution in [0.25, 0.3) is 10.8 Å². The molecule has 0 unspecified atom stereocenters. The molecule has 174 valence electrons. The van der Waals surface area contributed by atoms with Crippen LogP contribution in [0.5, 0.6) is 11.5 Å². The predicted molar refractivity (Wildman–Crippen MR) is 126 cm³/mol. The first-order chi connectivity index (χ1) is 16.8. The quantitative estimate of drug-likeness (QED) is 0.181. The first-order valence-electron chi connectivity index (χ1n) is 9.95. The van der Waals surface area contributed by atoms with Gasteiger partial charge in [0.1, 0.15) is 17.1 Å². The third kappa shape index (κ3) is 4.57. The number of anilines is 1. The maximum absolute atomic E-state index is 12.9. The number of rotatable bonds is 6. The van der Waals surface area contributed by atoms with Gasteiger partial charge in [-0.3, -0.25) is 25.0 Å². The van der Waals surface area contributed by atoms with E-state index >= 15 is 0 Å². The molecular formula is C23H15N5O7. The normalized spacial score (nSPS) is 11.0. The molecule has 0 fully saturated rings. The van der Waals surface area contributed by atoms with Crippen LogP contribution in [-0.2, 0) is 0 Å². The number of hydrogen-bond acceptors (Lipinski definition) is 9. The molecule has 3 N–H and O–H groups in total. The summed E-state index contributed by atoms with van der Waals surface area (Å²) in [6.45, 7) is 0. The third-order valence-electron chi connectivity index (χ3n) is 4.99. The van der Waals surface area contributed by atoms with Gasteiger partial charge in [0.05, 0.1) is 21.5 Å². The van der Waals surface area contributed by atoms with E-state index in [1.54, 1.807) is 54.6 Å². The first-order valence-corrected chi connectivity index (χ1v) is 9.95. The summed E-state index contributed by atoms with van der Waals surface area (Å²) in [5.74, 6) is -1.85. The van der Waals surface area contributed by atoms with Crippen LogP contribution in [0.1, 0.15) is 10.4 Å². The molecule has 0 saturated carbocycles. The minimum atomic E-state index is -0.992. The number of azo groups is 1. The van der Waals surface area contributed by atoms with E-state index in [2.05, 4.69) is 15.5 Å². The molecule has 0 saturated heterocycles. The fourth-order valence-corrected chi connectivity index (χ4v) is 3.37. The molecule has 0 heterocycles. The van der Waals surface area contributed by atoms with Crippen LogP contribution in [0.4, 0.5) is 28.4 Å². The van der Waals surface area contributed by atoms with Crippen LogP contribution >= 0.6 is 0 Å². The van der Waals surface area contributed by atoms with Crippen LogP contribution in [0.15, 0.2) is 83.0 Å². The topological polar surface area (TPSA) is 181 Å². The van der Waals surface area contributed by atoms with Crippen molar-refractivity contribution in [1.29, 1.82) is 0 Å². The highest BCUT2D eigenvalue weighted by Crippen LogP contribution is 2.43. The molecular weight excluding hydrogens is 458 g/mol. The molecule has 4 aromatic rings. The number of nitro benzene ring substituents is 2. The Bertz CT molecular complexity index is 1520. The lowest BCUT2D eigenvalue weighted by Crippen LogP contribution is -2.12. The molecule has 0 aliphatic heterocycles. The molecule has 12 nitrogen and oxygen atoms in total. The maximum atomic E-state index is 12.9. The van der Waals surface area contributed by atoms with Crippen molar-refractivity contribution in [2.24, 2.45) is 10.2 Å². The van der Waals surface area contributed by atoms with Crippen molar-refractivity contribution < 1.29 is 24.9 Å². The van der Waals surface area contributed by atoms with E-state index in [0.29, 0.717) is 22.5 Å². The molecule has 1 amide bonds. The number of fused-ring (bicyclic) bond motifs is 1. The Labute approximate surface area is 196 Å². The molecule has 35 heavy (non-hydrogen) atoms. The summed E-state index contributed by atoms with van der Waals surface area (Å²) in [6, 6.07) is 17.8. The van der Waals surface area contributed by atoms with Crippen molar-refractivity contribution in [3.8, 4) is 11.5 Å². The molecule has 0 aliphatic carbocycles. The smallest absolute Gasteiger partial charge is 0.319 e. The molecule has 0 aliphatic rings. The van der Waals surface area contributed by atoms with E-state index in [9.17, 15) is 35.2 Å². The number of carbonyl (C=O) groups excluding carboxylic acids is 1. The zero-order valence-electron chi connectivity index (χ0n) is 17.7. The van der Waals surface area contributed by atoms with Crippen LogP contribution in [0.3, 0.4) is 0 Å². The molecule has 4 aromatic carbocycles. The molecule has 4 rings (SSSR count). The number of nitro groups is 2. The number of nitrogens with one attached hydrogen (secondary N) is 1. The van der Waals surface area contributed by atoms with Crippen LogP contribution < -0.4 is 5.32 Å². The Kier molecular flexibility index (Phi) is 6.01. The van der Waals surface area contributed by atoms with Crippen molar-refractivity contribution in [3.05, 3.63) is 98.6 Å². The second kappa shape index (κ2) is 9.23. The zero-order valence-corrected chi connectivity index (χ0v) is 17.7. The summed E-state index contributed by atoms with van der Waals surface area (Å²) in [4.78, 5) is 33.3. The number of carbonyl (C=O) groups is 1. The first kappa shape index (κ1) is 22.8. The number of amides is 1. The molecule has 0 bridgehead atoms. The highest BCUT2D eigenvalue weighted by atomic mass is 16.6. The van der Waals surface area contributed by atoms with Crippen molar-refractivity contribution in [2.45, 2.75) is 0 Å². The molecule has 0 radical (unpaired) electrons. The van der Waals surface area contributed by atoms with Gasteiger partial charge in [-0.15, -0.1) is 10.2 Å². The standard InChI is InChI=1S/C23H15N5O7/c29-20-12-17(23(31)24-13-6-2-1-3-7-13)15-8-4-5-9-16(15)21(20)26-25-18-10-14(27(32)33)11-19(22(18)30)28(34)35/h1-12,29-30H,(H,24,31). The number of phenols is 2. The lowest BCUT2D eigenvalue weighted by atomic mass is 10.0. The van der Waals surface area contributed by atoms with Crippen LogP contribution in [-0.4, -0.2) is 26.0 Å². The molecule has 0 aromatic heterocycles. The largest absolute Gasteiger partial charge is 0.506 e. The van der Waals surface area contributed by atoms with E-state index in [4.69, 9.17) is 0 Å². The van der Waals surface area contributed by atoms with Gasteiger partial charge in [0, 0.05) is 17.1 Å². The third-order valence-corrected chi connectivity index (χ3v) is 4.99. The second-order valence-electron chi connectivity index (χ2n) is 7.20. The molecule has 12 heteroatoms. The van der Waals surface area contributed by atoms with Crippen molar-refractivity contribution in [2.75, 3.05) is 5.32 Å². The van der Waals surface area contributed by atoms with Crippen LogP contribution in [0, 0.1) is 20.2 Å². The van der Waals surface area contributed by atoms with E-state index < -0.39 is 44.3 Å². The van der Waals surface area contributed by atoms with Gasteiger partial charge in [-0.05, 0) is 23.6 Å². The lowest BCUT2D eigenvalue weighted by Gasteiger charge is -2.11. The monoisotopic (exact) mass is 473 g/mol. The Morgan fingerprint density at radius 3 is 2.14 bits per heavy atom. The number of nitrogens with zero attached hydrogens (tertiary/aromatic N) is 4. The highest BCUT2D eigenvalue weighted by molar-refractivity contribution is 6.15. The van der Waals surface area contributed by atoms with E-state index in [-0.39, 0.29) is 11.3 Å². The SMILES string of the molecule is O=C(Nc1ccccc1)c1cc(O)c(N=Nc2cc([N+](=O)[O-])cc([N+](=O)[O-])c2O)c2ccccc12. The molecule has 0 spiro atoms. The Morgan fingerprint density at radius 2 is 1.49 bits per heavy atom. The summed E-state index contributed by atoms with van der Waals surface area (Å²) in [5.41, 5.74) is -1.55. The number of para-hydroxylation sites is 1. The van der Waals surface area contributed by atoms with E-state index in [0.717, 1.165) is 6.07 Å². The summed E-state index contributed by atoms with van der Waals surface area (Å²) < 4.78 is 0. The van der Waals surface area contributed by atoms with Gasteiger partial charge in [-0.2, -0.15) is 0 Å². The molecule has 0 atom stereocenters. The minimum Gasteiger partial charge on any atom is -0.506 e. The number of aromatic hydroxyl groups is 2. The number of phenolic OH excluding ortho intramolecular Hbond substituents is 2. The second-order valence-corrected chi connectivity index (χ2v) is 7.20. The van der Waals surface area contributed by atoms with Crippen LogP contribution in [0.2, 0.25) is 0 Å². The number of non-ortho nitro benzene ring substituents is 1. The lowest BCUT2D eigenvalue weighted by molar-refractivity contribution is -0.394. The Balaban J connectivity index is 1.80. The van der Waals surface area contributed by atoms with Crippen molar-refractivity contribution in [1.82, 2.24) is 0 Å². The fourth-order valence-electron chi connectivity index (χ4n) is 3.37. The van der Waals surface area contributed by atoms with Gasteiger partial charge in [0.15, 0.2) is 0 Å². The van der Waals surface area contributed by atoms with Gasteiger partial charge < -0.3 is 15.5 Å². The summed E-state index contributed by atoms with van der Waals surface area (Å²) >= 11 is 0. The van der Waals surface area contributed by atoms with Gasteiger partial charge in [-0.1, -0.05) is 42.5 Å². The van der Waals surface area contributed by atoms with Crippen molar-refractivity contribution >= 4 is 45.1 Å². The summed E-state index contributed by atoms with van der Waals surface area (Å²) in [5, 5.41) is 54.1.